The van der Waals surface area contributed by atoms with Crippen molar-refractivity contribution in [1.82, 2.24) is 4.90 Å². The lowest BCUT2D eigenvalue weighted by Crippen LogP contribution is -2.25. The van der Waals surface area contributed by atoms with Crippen molar-refractivity contribution in [2.75, 3.05) is 19.7 Å². The van der Waals surface area contributed by atoms with E-state index in [2.05, 4.69) is 0 Å². The van der Waals surface area contributed by atoms with Gasteiger partial charge in [-0.05, 0) is 25.1 Å². The summed E-state index contributed by atoms with van der Waals surface area (Å²) in [5.74, 6) is 0. The Labute approximate surface area is 111 Å². The van der Waals surface area contributed by atoms with Crippen LogP contribution in [0.25, 0.3) is 0 Å². The van der Waals surface area contributed by atoms with Crippen LogP contribution in [0.1, 0.15) is 18.9 Å². The Morgan fingerprint density at radius 2 is 2.22 bits per heavy atom. The van der Waals surface area contributed by atoms with Gasteiger partial charge in [0, 0.05) is 36.3 Å². The van der Waals surface area contributed by atoms with Gasteiger partial charge in [0.25, 0.3) is 5.69 Å². The molecule has 6 heteroatoms. The van der Waals surface area contributed by atoms with Crippen LogP contribution < -0.4 is 0 Å². The Kier molecular flexibility index (Phi) is 6.04. The molecule has 0 bridgehead atoms. The summed E-state index contributed by atoms with van der Waals surface area (Å²) in [4.78, 5) is 12.6. The molecule has 0 aromatic heterocycles. The van der Waals surface area contributed by atoms with E-state index in [0.29, 0.717) is 30.1 Å². The van der Waals surface area contributed by atoms with Crippen molar-refractivity contribution in [3.8, 4) is 0 Å². The number of rotatable bonds is 7. The first-order valence-electron chi connectivity index (χ1n) is 5.84. The van der Waals surface area contributed by atoms with Crippen LogP contribution in [-0.4, -0.2) is 34.6 Å². The first-order valence-corrected chi connectivity index (χ1v) is 6.22. The molecule has 1 aromatic rings. The third kappa shape index (κ3) is 4.25. The summed E-state index contributed by atoms with van der Waals surface area (Å²) in [6.07, 6.45) is 0.662. The SMILES string of the molecule is CCN(CCCO)Cc1ccc(Cl)cc1[N+](=O)[O-]. The maximum absolute atomic E-state index is 10.9. The van der Waals surface area contributed by atoms with Crippen LogP contribution in [0.5, 0.6) is 0 Å². The molecular weight excluding hydrogens is 256 g/mol. The average molecular weight is 273 g/mol. The van der Waals surface area contributed by atoms with Crippen molar-refractivity contribution < 1.29 is 10.0 Å². The quantitative estimate of drug-likeness (QED) is 0.612. The van der Waals surface area contributed by atoms with E-state index in [-0.39, 0.29) is 12.3 Å². The predicted octanol–water partition coefficient (Wildman–Crippen LogP) is 2.45. The molecule has 100 valence electrons. The van der Waals surface area contributed by atoms with E-state index in [4.69, 9.17) is 16.7 Å². The van der Waals surface area contributed by atoms with Crippen molar-refractivity contribution in [3.63, 3.8) is 0 Å². The van der Waals surface area contributed by atoms with Gasteiger partial charge < -0.3 is 5.11 Å². The molecule has 1 rings (SSSR count). The fourth-order valence-corrected chi connectivity index (χ4v) is 1.89. The number of hydrogen-bond acceptors (Lipinski definition) is 4. The summed E-state index contributed by atoms with van der Waals surface area (Å²) in [6.45, 7) is 4.09. The van der Waals surface area contributed by atoms with Gasteiger partial charge in [0.1, 0.15) is 0 Å². The highest BCUT2D eigenvalue weighted by molar-refractivity contribution is 6.30. The fourth-order valence-electron chi connectivity index (χ4n) is 1.72. The minimum absolute atomic E-state index is 0.0462. The lowest BCUT2D eigenvalue weighted by Gasteiger charge is -2.19. The van der Waals surface area contributed by atoms with Crippen molar-refractivity contribution in [1.29, 1.82) is 0 Å². The first kappa shape index (κ1) is 14.9. The van der Waals surface area contributed by atoms with Gasteiger partial charge in [0.2, 0.25) is 0 Å². The standard InChI is InChI=1S/C12H17ClN2O3/c1-2-14(6-3-7-16)9-10-4-5-11(13)8-12(10)15(17)18/h4-5,8,16H,2-3,6-7,9H2,1H3. The molecule has 1 aromatic carbocycles. The summed E-state index contributed by atoms with van der Waals surface area (Å²) in [7, 11) is 0. The smallest absolute Gasteiger partial charge is 0.275 e. The Morgan fingerprint density at radius 3 is 2.78 bits per heavy atom. The molecule has 0 amide bonds. The van der Waals surface area contributed by atoms with Crippen LogP contribution in [-0.2, 0) is 6.54 Å². The predicted molar refractivity (Wildman–Crippen MR) is 70.8 cm³/mol. The lowest BCUT2D eigenvalue weighted by molar-refractivity contribution is -0.385. The molecule has 0 aliphatic carbocycles. The molecule has 0 saturated heterocycles. The molecule has 0 heterocycles. The second-order valence-electron chi connectivity index (χ2n) is 3.98. The molecule has 1 N–H and O–H groups in total. The number of aliphatic hydroxyl groups is 1. The zero-order chi connectivity index (χ0) is 13.5. The van der Waals surface area contributed by atoms with Gasteiger partial charge >= 0.3 is 0 Å². The number of halogens is 1. The van der Waals surface area contributed by atoms with Gasteiger partial charge in [-0.2, -0.15) is 0 Å². The largest absolute Gasteiger partial charge is 0.396 e. The summed E-state index contributed by atoms with van der Waals surface area (Å²) in [6, 6.07) is 4.71. The number of nitro benzene ring substituents is 1. The Balaban J connectivity index is 2.84. The Morgan fingerprint density at radius 1 is 1.50 bits per heavy atom. The van der Waals surface area contributed by atoms with E-state index >= 15 is 0 Å². The molecular formula is C12H17ClN2O3. The molecule has 18 heavy (non-hydrogen) atoms. The van der Waals surface area contributed by atoms with Gasteiger partial charge in [-0.3, -0.25) is 15.0 Å². The number of hydrogen-bond donors (Lipinski definition) is 1. The maximum atomic E-state index is 10.9. The van der Waals surface area contributed by atoms with E-state index in [1.165, 1.54) is 6.07 Å². The van der Waals surface area contributed by atoms with Crippen molar-refractivity contribution in [2.24, 2.45) is 0 Å². The first-order chi connectivity index (χ1) is 8.58. The zero-order valence-corrected chi connectivity index (χ0v) is 11.1. The Bertz CT molecular complexity index is 412. The molecule has 0 unspecified atom stereocenters. The number of aliphatic hydroxyl groups excluding tert-OH is 1. The van der Waals surface area contributed by atoms with Gasteiger partial charge in [-0.25, -0.2) is 0 Å². The summed E-state index contributed by atoms with van der Waals surface area (Å²) >= 11 is 5.76. The van der Waals surface area contributed by atoms with Crippen LogP contribution in [0.3, 0.4) is 0 Å². The van der Waals surface area contributed by atoms with Gasteiger partial charge in [0.05, 0.1) is 4.92 Å². The second-order valence-corrected chi connectivity index (χ2v) is 4.41. The van der Waals surface area contributed by atoms with Crippen LogP contribution in [0.2, 0.25) is 5.02 Å². The highest BCUT2D eigenvalue weighted by atomic mass is 35.5. The van der Waals surface area contributed by atoms with Crippen LogP contribution in [0.15, 0.2) is 18.2 Å². The molecule has 0 aliphatic rings. The highest BCUT2D eigenvalue weighted by Gasteiger charge is 2.16. The van der Waals surface area contributed by atoms with E-state index in [1.807, 2.05) is 11.8 Å². The topological polar surface area (TPSA) is 66.6 Å². The van der Waals surface area contributed by atoms with Gasteiger partial charge in [0.15, 0.2) is 0 Å². The zero-order valence-electron chi connectivity index (χ0n) is 10.3. The highest BCUT2D eigenvalue weighted by Crippen LogP contribution is 2.24. The molecule has 0 aliphatic heterocycles. The van der Waals surface area contributed by atoms with Crippen LogP contribution in [0.4, 0.5) is 5.69 Å². The molecule has 5 nitrogen and oxygen atoms in total. The fraction of sp³-hybridized carbons (Fsp3) is 0.500. The lowest BCUT2D eigenvalue weighted by atomic mass is 10.1. The maximum Gasteiger partial charge on any atom is 0.275 e. The molecule has 0 spiro atoms. The summed E-state index contributed by atoms with van der Waals surface area (Å²) < 4.78 is 0. The summed E-state index contributed by atoms with van der Waals surface area (Å²) in [5, 5.41) is 20.1. The van der Waals surface area contributed by atoms with Gasteiger partial charge in [-0.1, -0.05) is 18.5 Å². The number of nitrogens with zero attached hydrogens (tertiary/aromatic N) is 2. The third-order valence-electron chi connectivity index (χ3n) is 2.72. The monoisotopic (exact) mass is 272 g/mol. The van der Waals surface area contributed by atoms with Crippen LogP contribution >= 0.6 is 11.6 Å². The molecule has 0 fully saturated rings. The molecule has 0 radical (unpaired) electrons. The molecule has 0 atom stereocenters. The third-order valence-corrected chi connectivity index (χ3v) is 2.95. The van der Waals surface area contributed by atoms with E-state index in [1.54, 1.807) is 12.1 Å². The molecule has 0 saturated carbocycles. The van der Waals surface area contributed by atoms with E-state index in [9.17, 15) is 10.1 Å². The van der Waals surface area contributed by atoms with E-state index in [0.717, 1.165) is 6.54 Å². The number of benzene rings is 1. The average Bonchev–Trinajstić information content (AvgIpc) is 2.35. The van der Waals surface area contributed by atoms with Crippen molar-refractivity contribution in [3.05, 3.63) is 38.9 Å². The number of nitro groups is 1. The van der Waals surface area contributed by atoms with Crippen molar-refractivity contribution in [2.45, 2.75) is 19.9 Å². The van der Waals surface area contributed by atoms with E-state index < -0.39 is 4.92 Å². The minimum atomic E-state index is -0.416. The minimum Gasteiger partial charge on any atom is -0.396 e. The van der Waals surface area contributed by atoms with Gasteiger partial charge in [-0.15, -0.1) is 0 Å². The van der Waals surface area contributed by atoms with Crippen LogP contribution in [0, 0.1) is 10.1 Å². The second kappa shape index (κ2) is 7.31. The summed E-state index contributed by atoms with van der Waals surface area (Å²) in [5.41, 5.74) is 0.689. The van der Waals surface area contributed by atoms with Crippen molar-refractivity contribution >= 4 is 17.3 Å². The Hall–Kier alpha value is -1.17. The normalized spacial score (nSPS) is 10.9.